The van der Waals surface area contributed by atoms with Crippen molar-refractivity contribution in [2.75, 3.05) is 0 Å². The maximum Gasteiger partial charge on any atom is 0.179 e. The number of hydrogen-bond donors (Lipinski definition) is 0. The summed E-state index contributed by atoms with van der Waals surface area (Å²) in [6.45, 7) is 0. The largest absolute Gasteiger partial charge is 0.290 e. The van der Waals surface area contributed by atoms with Crippen LogP contribution >= 0.6 is 0 Å². The average molecular weight is 154 g/mol. The molecule has 56 valence electrons. The van der Waals surface area contributed by atoms with E-state index in [9.17, 15) is 4.79 Å². The minimum absolute atomic E-state index is 0.0862. The van der Waals surface area contributed by atoms with Gasteiger partial charge in [0.05, 0.1) is 0 Å². The first-order valence-electron chi connectivity index (χ1n) is 3.93. The highest BCUT2D eigenvalue weighted by Crippen LogP contribution is 2.31. The zero-order valence-corrected chi connectivity index (χ0v) is 6.37. The van der Waals surface area contributed by atoms with E-state index in [1.165, 1.54) is 16.2 Å². The molecule has 0 fully saturated rings. The van der Waals surface area contributed by atoms with E-state index in [2.05, 4.69) is 12.1 Å². The molecule has 0 atom stereocenters. The first-order chi connectivity index (χ1) is 5.84. The fraction of sp³-hybridized carbons (Fsp3) is 0. The van der Waals surface area contributed by atoms with E-state index in [0.29, 0.717) is 0 Å². The van der Waals surface area contributed by atoms with Crippen molar-refractivity contribution in [1.82, 2.24) is 0 Å². The molecule has 3 aromatic carbocycles. The average Bonchev–Trinajstić information content (AvgIpc) is 2.82. The van der Waals surface area contributed by atoms with Gasteiger partial charge >= 0.3 is 0 Å². The van der Waals surface area contributed by atoms with Gasteiger partial charge in [0.2, 0.25) is 0 Å². The molecule has 0 unspecified atom stereocenters. The second-order valence-electron chi connectivity index (χ2n) is 3.10. The third-order valence-corrected chi connectivity index (χ3v) is 2.28. The summed E-state index contributed by atoms with van der Waals surface area (Å²) in [6, 6.07) is 11.4. The van der Waals surface area contributed by atoms with Crippen LogP contribution in [0.2, 0.25) is 0 Å². The molecule has 0 radical (unpaired) electrons. The van der Waals surface area contributed by atoms with E-state index in [-0.39, 0.29) is 5.43 Å². The molecule has 0 saturated heterocycles. The molecule has 3 aromatic rings. The minimum Gasteiger partial charge on any atom is -0.290 e. The summed E-state index contributed by atoms with van der Waals surface area (Å²) < 4.78 is 0. The zero-order chi connectivity index (χ0) is 8.13. The second kappa shape index (κ2) is 1.75. The Hall–Kier alpha value is -1.63. The molecule has 0 aliphatic carbocycles. The highest BCUT2D eigenvalue weighted by Gasteiger charge is 2.05. The molecule has 0 heterocycles. The van der Waals surface area contributed by atoms with Gasteiger partial charge in [-0.05, 0) is 45.8 Å². The predicted molar refractivity (Wildman–Crippen MR) is 50.1 cm³/mol. The lowest BCUT2D eigenvalue weighted by Crippen LogP contribution is -1.93. The lowest BCUT2D eigenvalue weighted by molar-refractivity contribution is 1.66. The van der Waals surface area contributed by atoms with Crippen molar-refractivity contribution in [3.05, 3.63) is 46.6 Å². The fourth-order valence-corrected chi connectivity index (χ4v) is 1.59. The molecule has 0 saturated carbocycles. The quantitative estimate of drug-likeness (QED) is 0.485. The highest BCUT2D eigenvalue weighted by molar-refractivity contribution is 6.16. The lowest BCUT2D eigenvalue weighted by Gasteiger charge is -1.91. The minimum atomic E-state index is 0.0862. The smallest absolute Gasteiger partial charge is 0.179 e. The van der Waals surface area contributed by atoms with E-state index in [1.54, 1.807) is 12.1 Å². The van der Waals surface area contributed by atoms with E-state index < -0.39 is 0 Å². The Kier molecular flexibility index (Phi) is 0.867. The van der Waals surface area contributed by atoms with E-state index in [0.717, 1.165) is 5.39 Å². The molecule has 12 heavy (non-hydrogen) atoms. The van der Waals surface area contributed by atoms with Crippen molar-refractivity contribution in [3.8, 4) is 0 Å². The van der Waals surface area contributed by atoms with Crippen LogP contribution in [0.25, 0.3) is 21.5 Å². The third kappa shape index (κ3) is 0.654. The van der Waals surface area contributed by atoms with Crippen LogP contribution in [-0.2, 0) is 0 Å². The Morgan fingerprint density at radius 1 is 0.750 bits per heavy atom. The van der Waals surface area contributed by atoms with Crippen molar-refractivity contribution in [3.63, 3.8) is 0 Å². The van der Waals surface area contributed by atoms with E-state index >= 15 is 0 Å². The molecule has 0 aromatic heterocycles. The van der Waals surface area contributed by atoms with Gasteiger partial charge in [-0.3, -0.25) is 4.79 Å². The topological polar surface area (TPSA) is 17.1 Å². The third-order valence-electron chi connectivity index (χ3n) is 2.28. The maximum absolute atomic E-state index is 11.0. The van der Waals surface area contributed by atoms with Crippen molar-refractivity contribution in [1.29, 1.82) is 0 Å². The molecule has 0 aliphatic heterocycles. The van der Waals surface area contributed by atoms with Crippen LogP contribution in [0.4, 0.5) is 0 Å². The first-order valence-corrected chi connectivity index (χ1v) is 3.93. The van der Waals surface area contributed by atoms with Gasteiger partial charge < -0.3 is 0 Å². The van der Waals surface area contributed by atoms with Gasteiger partial charge in [0.25, 0.3) is 0 Å². The Morgan fingerprint density at radius 2 is 1.50 bits per heavy atom. The van der Waals surface area contributed by atoms with Crippen LogP contribution in [0.1, 0.15) is 0 Å². The number of rotatable bonds is 0. The van der Waals surface area contributed by atoms with Crippen molar-refractivity contribution in [2.24, 2.45) is 0 Å². The van der Waals surface area contributed by atoms with Crippen LogP contribution in [0, 0.1) is 0 Å². The molecular formula is C11H6O. The summed E-state index contributed by atoms with van der Waals surface area (Å²) in [4.78, 5) is 11.0. The summed E-state index contributed by atoms with van der Waals surface area (Å²) in [5, 5.41) is 4.86. The molecule has 0 N–H and O–H groups in total. The molecule has 1 nitrogen and oxygen atoms in total. The van der Waals surface area contributed by atoms with Crippen LogP contribution in [0.3, 0.4) is 0 Å². The summed E-state index contributed by atoms with van der Waals surface area (Å²) >= 11 is 0. The Morgan fingerprint density at radius 3 is 2.33 bits per heavy atom. The van der Waals surface area contributed by atoms with E-state index in [4.69, 9.17) is 0 Å². The lowest BCUT2D eigenvalue weighted by atomic mass is 10.1. The molecule has 3 rings (SSSR count). The summed E-state index contributed by atoms with van der Waals surface area (Å²) in [7, 11) is 0. The van der Waals surface area contributed by atoms with Crippen LogP contribution in [0.15, 0.2) is 41.2 Å². The molecule has 0 amide bonds. The SMILES string of the molecule is O=c1ccc2c(ccc3cc32)c1. The molecule has 0 aliphatic rings. The Balaban J connectivity index is 2.63. The summed E-state index contributed by atoms with van der Waals surface area (Å²) in [5.41, 5.74) is 0.0862. The van der Waals surface area contributed by atoms with Crippen LogP contribution in [0.5, 0.6) is 0 Å². The molecular weight excluding hydrogens is 148 g/mol. The van der Waals surface area contributed by atoms with Gasteiger partial charge in [-0.2, -0.15) is 0 Å². The Bertz CT molecular complexity index is 583. The van der Waals surface area contributed by atoms with Crippen molar-refractivity contribution < 1.29 is 0 Å². The van der Waals surface area contributed by atoms with E-state index in [1.807, 2.05) is 12.1 Å². The molecule has 0 spiro atoms. The predicted octanol–water partition coefficient (Wildman–Crippen LogP) is 2.23. The van der Waals surface area contributed by atoms with Crippen molar-refractivity contribution in [2.45, 2.75) is 0 Å². The summed E-state index contributed by atoms with van der Waals surface area (Å²) in [6.07, 6.45) is 0. The van der Waals surface area contributed by atoms with Gasteiger partial charge in [0.15, 0.2) is 5.43 Å². The number of benzene rings is 2. The standard InChI is InChI=1S/C11H6O/c12-9-3-4-10-7(5-9)1-2-8-6-11(8)10/h1-6H. The molecule has 1 heteroatoms. The van der Waals surface area contributed by atoms with Crippen LogP contribution in [-0.4, -0.2) is 0 Å². The van der Waals surface area contributed by atoms with Gasteiger partial charge in [-0.25, -0.2) is 0 Å². The maximum atomic E-state index is 11.0. The van der Waals surface area contributed by atoms with Crippen LogP contribution < -0.4 is 5.43 Å². The van der Waals surface area contributed by atoms with Crippen molar-refractivity contribution >= 4 is 21.5 Å². The zero-order valence-electron chi connectivity index (χ0n) is 6.37. The second-order valence-corrected chi connectivity index (χ2v) is 3.10. The van der Waals surface area contributed by atoms with Gasteiger partial charge in [0.1, 0.15) is 0 Å². The van der Waals surface area contributed by atoms with Gasteiger partial charge in [0, 0.05) is 0 Å². The first kappa shape index (κ1) is 5.95. The van der Waals surface area contributed by atoms with Gasteiger partial charge in [-0.1, -0.05) is 12.1 Å². The number of fused-ring (bicyclic) bond motifs is 3. The fourth-order valence-electron chi connectivity index (χ4n) is 1.59. The number of hydrogen-bond acceptors (Lipinski definition) is 1. The molecule has 0 bridgehead atoms. The van der Waals surface area contributed by atoms with Gasteiger partial charge in [-0.15, -0.1) is 0 Å². The summed E-state index contributed by atoms with van der Waals surface area (Å²) in [5.74, 6) is 0. The monoisotopic (exact) mass is 154 g/mol. The normalized spacial score (nSPS) is 11.7. The highest BCUT2D eigenvalue weighted by atomic mass is 16.1. The Labute approximate surface area is 68.9 Å².